The van der Waals surface area contributed by atoms with Gasteiger partial charge < -0.3 is 10.6 Å². The van der Waals surface area contributed by atoms with Crippen LogP contribution in [0.4, 0.5) is 17.5 Å². The number of hydrogen-bond donors (Lipinski definition) is 2. The average molecular weight is 257 g/mol. The van der Waals surface area contributed by atoms with Crippen molar-refractivity contribution in [2.45, 2.75) is 13.8 Å². The van der Waals surface area contributed by atoms with Crippen LogP contribution in [0.25, 0.3) is 0 Å². The van der Waals surface area contributed by atoms with Gasteiger partial charge in [-0.15, -0.1) is 0 Å². The predicted molar refractivity (Wildman–Crippen MR) is 72.1 cm³/mol. The first-order valence-corrected chi connectivity index (χ1v) is 5.92. The monoisotopic (exact) mass is 257 g/mol. The second-order valence-corrected chi connectivity index (χ2v) is 3.99. The van der Waals surface area contributed by atoms with E-state index in [4.69, 9.17) is 5.26 Å². The van der Waals surface area contributed by atoms with Crippen LogP contribution in [0.5, 0.6) is 0 Å². The summed E-state index contributed by atoms with van der Waals surface area (Å²) >= 11 is 0. The quantitative estimate of drug-likeness (QED) is 0.863. The van der Waals surface area contributed by atoms with E-state index in [2.05, 4.69) is 31.8 Å². The fraction of sp³-hybridized carbons (Fsp3) is 0.333. The van der Waals surface area contributed by atoms with Crippen LogP contribution in [-0.4, -0.2) is 26.3 Å². The SMILES string of the molecule is CCNc1nc(Nc2cnn(C)c2C)ncc1C#N. The predicted octanol–water partition coefficient (Wildman–Crippen LogP) is 1.57. The smallest absolute Gasteiger partial charge is 0.229 e. The van der Waals surface area contributed by atoms with Gasteiger partial charge in [-0.3, -0.25) is 4.68 Å². The Labute approximate surface area is 111 Å². The molecule has 0 saturated heterocycles. The van der Waals surface area contributed by atoms with Gasteiger partial charge in [-0.25, -0.2) is 4.98 Å². The molecule has 7 nitrogen and oxygen atoms in total. The van der Waals surface area contributed by atoms with Gasteiger partial charge in [0.2, 0.25) is 5.95 Å². The van der Waals surface area contributed by atoms with Crippen LogP contribution in [0.3, 0.4) is 0 Å². The lowest BCUT2D eigenvalue weighted by Gasteiger charge is -2.08. The Bertz CT molecular complexity index is 623. The third-order valence-corrected chi connectivity index (χ3v) is 2.74. The largest absolute Gasteiger partial charge is 0.369 e. The Kier molecular flexibility index (Phi) is 3.61. The number of hydrogen-bond acceptors (Lipinski definition) is 6. The standard InChI is InChI=1S/C12H15N7/c1-4-14-11-9(5-13)6-15-12(18-11)17-10-7-16-19(3)8(10)2/h6-7H,4H2,1-3H3,(H2,14,15,17,18). The van der Waals surface area contributed by atoms with Crippen molar-refractivity contribution >= 4 is 17.5 Å². The topological polar surface area (TPSA) is 91.4 Å². The van der Waals surface area contributed by atoms with Gasteiger partial charge in [0.25, 0.3) is 0 Å². The van der Waals surface area contributed by atoms with Crippen molar-refractivity contribution in [1.82, 2.24) is 19.7 Å². The lowest BCUT2D eigenvalue weighted by Crippen LogP contribution is -2.06. The number of nitrogens with zero attached hydrogens (tertiary/aromatic N) is 5. The van der Waals surface area contributed by atoms with Gasteiger partial charge in [0.15, 0.2) is 0 Å². The van der Waals surface area contributed by atoms with E-state index < -0.39 is 0 Å². The van der Waals surface area contributed by atoms with Crippen molar-refractivity contribution in [1.29, 1.82) is 5.26 Å². The molecule has 0 aliphatic heterocycles. The summed E-state index contributed by atoms with van der Waals surface area (Å²) in [6.07, 6.45) is 3.21. The number of aryl methyl sites for hydroxylation is 1. The third kappa shape index (κ3) is 2.63. The van der Waals surface area contributed by atoms with Gasteiger partial charge in [0.05, 0.1) is 23.8 Å². The van der Waals surface area contributed by atoms with E-state index >= 15 is 0 Å². The number of rotatable bonds is 4. The van der Waals surface area contributed by atoms with Gasteiger partial charge in [-0.1, -0.05) is 0 Å². The van der Waals surface area contributed by atoms with Gasteiger partial charge in [0, 0.05) is 13.6 Å². The molecular formula is C12H15N7. The van der Waals surface area contributed by atoms with E-state index in [-0.39, 0.29) is 0 Å². The minimum atomic E-state index is 0.426. The fourth-order valence-corrected chi connectivity index (χ4v) is 1.57. The summed E-state index contributed by atoms with van der Waals surface area (Å²) in [6.45, 7) is 4.59. The molecule has 2 rings (SSSR count). The summed E-state index contributed by atoms with van der Waals surface area (Å²) < 4.78 is 1.76. The molecule has 0 amide bonds. The highest BCUT2D eigenvalue weighted by Gasteiger charge is 2.09. The zero-order valence-corrected chi connectivity index (χ0v) is 11.1. The molecule has 0 aromatic carbocycles. The zero-order chi connectivity index (χ0) is 13.8. The van der Waals surface area contributed by atoms with Crippen molar-refractivity contribution in [3.05, 3.63) is 23.7 Å². The van der Waals surface area contributed by atoms with E-state index in [9.17, 15) is 0 Å². The molecule has 98 valence electrons. The summed E-state index contributed by atoms with van der Waals surface area (Å²) in [5.41, 5.74) is 2.25. The molecule has 7 heteroatoms. The lowest BCUT2D eigenvalue weighted by molar-refractivity contribution is 0.740. The first-order chi connectivity index (χ1) is 9.15. The molecule has 0 aliphatic carbocycles. The van der Waals surface area contributed by atoms with E-state index in [1.165, 1.54) is 6.20 Å². The summed E-state index contributed by atoms with van der Waals surface area (Å²) in [6, 6.07) is 2.06. The number of nitrogens with one attached hydrogen (secondary N) is 2. The van der Waals surface area contributed by atoms with Crippen molar-refractivity contribution in [2.75, 3.05) is 17.2 Å². The molecule has 0 radical (unpaired) electrons. The molecule has 0 aliphatic rings. The highest BCUT2D eigenvalue weighted by atomic mass is 15.3. The maximum absolute atomic E-state index is 8.97. The summed E-state index contributed by atoms with van der Waals surface area (Å²) in [5, 5.41) is 19.2. The van der Waals surface area contributed by atoms with Gasteiger partial charge in [0.1, 0.15) is 17.5 Å². The molecule has 0 unspecified atom stereocenters. The zero-order valence-electron chi connectivity index (χ0n) is 11.1. The highest BCUT2D eigenvalue weighted by molar-refractivity contribution is 5.59. The molecule has 0 spiro atoms. The first kappa shape index (κ1) is 12.8. The van der Waals surface area contributed by atoms with Crippen LogP contribution in [0, 0.1) is 18.3 Å². The highest BCUT2D eigenvalue weighted by Crippen LogP contribution is 2.19. The van der Waals surface area contributed by atoms with Crippen LogP contribution in [0.15, 0.2) is 12.4 Å². The third-order valence-electron chi connectivity index (χ3n) is 2.74. The Morgan fingerprint density at radius 2 is 2.21 bits per heavy atom. The van der Waals surface area contributed by atoms with Crippen molar-refractivity contribution in [3.63, 3.8) is 0 Å². The molecule has 0 fully saturated rings. The molecule has 2 heterocycles. The fourth-order valence-electron chi connectivity index (χ4n) is 1.57. The maximum Gasteiger partial charge on any atom is 0.229 e. The van der Waals surface area contributed by atoms with Gasteiger partial charge in [-0.2, -0.15) is 15.3 Å². The molecular weight excluding hydrogens is 242 g/mol. The second kappa shape index (κ2) is 5.35. The minimum absolute atomic E-state index is 0.426. The summed E-state index contributed by atoms with van der Waals surface area (Å²) in [7, 11) is 1.87. The van der Waals surface area contributed by atoms with E-state index in [1.54, 1.807) is 10.9 Å². The lowest BCUT2D eigenvalue weighted by atomic mass is 10.3. The minimum Gasteiger partial charge on any atom is -0.369 e. The van der Waals surface area contributed by atoms with E-state index in [0.29, 0.717) is 23.9 Å². The molecule has 0 saturated carbocycles. The van der Waals surface area contributed by atoms with Crippen LogP contribution >= 0.6 is 0 Å². The first-order valence-electron chi connectivity index (χ1n) is 5.92. The van der Waals surface area contributed by atoms with Crippen molar-refractivity contribution < 1.29 is 0 Å². The Morgan fingerprint density at radius 3 is 2.79 bits per heavy atom. The Morgan fingerprint density at radius 1 is 1.42 bits per heavy atom. The van der Waals surface area contributed by atoms with Crippen LogP contribution < -0.4 is 10.6 Å². The molecule has 0 atom stereocenters. The summed E-state index contributed by atoms with van der Waals surface area (Å²) in [5.74, 6) is 0.968. The van der Waals surface area contributed by atoms with Crippen molar-refractivity contribution in [3.8, 4) is 6.07 Å². The molecule has 2 aromatic heterocycles. The number of anilines is 3. The molecule has 2 N–H and O–H groups in total. The molecule has 2 aromatic rings. The average Bonchev–Trinajstić information content (AvgIpc) is 2.72. The second-order valence-electron chi connectivity index (χ2n) is 3.99. The van der Waals surface area contributed by atoms with Crippen LogP contribution in [-0.2, 0) is 7.05 Å². The normalized spacial score (nSPS) is 10.0. The maximum atomic E-state index is 8.97. The Balaban J connectivity index is 2.29. The van der Waals surface area contributed by atoms with Crippen LogP contribution in [0.1, 0.15) is 18.2 Å². The van der Waals surface area contributed by atoms with Gasteiger partial charge in [-0.05, 0) is 13.8 Å². The van der Waals surface area contributed by atoms with Crippen molar-refractivity contribution in [2.24, 2.45) is 7.05 Å². The Hall–Kier alpha value is -2.62. The summed E-state index contributed by atoms with van der Waals surface area (Å²) in [4.78, 5) is 8.40. The molecule has 0 bridgehead atoms. The van der Waals surface area contributed by atoms with Gasteiger partial charge >= 0.3 is 0 Å². The van der Waals surface area contributed by atoms with E-state index in [0.717, 1.165) is 11.4 Å². The van der Waals surface area contributed by atoms with Crippen LogP contribution in [0.2, 0.25) is 0 Å². The number of nitriles is 1. The molecule has 19 heavy (non-hydrogen) atoms. The van der Waals surface area contributed by atoms with E-state index in [1.807, 2.05) is 20.9 Å². The number of aromatic nitrogens is 4.